The highest BCUT2D eigenvalue weighted by Crippen LogP contribution is 2.34. The zero-order valence-electron chi connectivity index (χ0n) is 22.8. The van der Waals surface area contributed by atoms with Gasteiger partial charge in [-0.1, -0.05) is 0 Å². The molecule has 0 bridgehead atoms. The summed E-state index contributed by atoms with van der Waals surface area (Å²) in [4.78, 5) is 0. The number of ether oxygens (including phenoxy) is 12. The molecule has 0 aromatic heterocycles. The van der Waals surface area contributed by atoms with E-state index in [4.69, 9.17) is 56.8 Å². The molecule has 0 unspecified atom stereocenters. The van der Waals surface area contributed by atoms with Crippen LogP contribution in [0.25, 0.3) is 0 Å². The maximum Gasteiger partial charge on any atom is 0.115 e. The average molecular weight is 529 g/mol. The third-order valence-electron chi connectivity index (χ3n) is 5.53. The minimum absolute atomic E-state index is 0.334. The lowest BCUT2D eigenvalue weighted by Gasteiger charge is -2.49. The number of methoxy groups -OCH3 is 6. The molecule has 0 radical (unpaired) electrons. The van der Waals surface area contributed by atoms with Crippen molar-refractivity contribution in [3.05, 3.63) is 0 Å². The van der Waals surface area contributed by atoms with Crippen LogP contribution in [0.3, 0.4) is 0 Å². The van der Waals surface area contributed by atoms with Crippen molar-refractivity contribution in [1.82, 2.24) is 0 Å². The van der Waals surface area contributed by atoms with Gasteiger partial charge in [-0.3, -0.25) is 0 Å². The third-order valence-corrected chi connectivity index (χ3v) is 5.53. The molecular weight excluding hydrogens is 480 g/mol. The minimum Gasteiger partial charge on any atom is -0.382 e. The van der Waals surface area contributed by atoms with E-state index in [2.05, 4.69) is 0 Å². The van der Waals surface area contributed by atoms with Gasteiger partial charge in [-0.2, -0.15) is 0 Å². The van der Waals surface area contributed by atoms with E-state index >= 15 is 0 Å². The normalized spacial score (nSPS) is 26.5. The SMILES string of the molecule is COCCOC1C(OCCOC)C(OCCOC)C(OCCOC)C(OCCOC)C1OCCOC. The van der Waals surface area contributed by atoms with Gasteiger partial charge in [0, 0.05) is 42.7 Å². The van der Waals surface area contributed by atoms with Crippen molar-refractivity contribution in [3.8, 4) is 0 Å². The summed E-state index contributed by atoms with van der Waals surface area (Å²) >= 11 is 0. The van der Waals surface area contributed by atoms with Crippen LogP contribution < -0.4 is 0 Å². The first-order chi connectivity index (χ1) is 17.7. The maximum absolute atomic E-state index is 6.30. The molecule has 0 aliphatic heterocycles. The van der Waals surface area contributed by atoms with Crippen LogP contribution in [0.1, 0.15) is 0 Å². The fourth-order valence-electron chi connectivity index (χ4n) is 3.86. The van der Waals surface area contributed by atoms with E-state index in [-0.39, 0.29) is 0 Å². The van der Waals surface area contributed by atoms with Gasteiger partial charge in [-0.15, -0.1) is 0 Å². The molecule has 1 fully saturated rings. The van der Waals surface area contributed by atoms with Crippen molar-refractivity contribution < 1.29 is 56.8 Å². The Kier molecular flexibility index (Phi) is 21.0. The highest BCUT2D eigenvalue weighted by Gasteiger charge is 2.54. The molecule has 0 N–H and O–H groups in total. The predicted molar refractivity (Wildman–Crippen MR) is 130 cm³/mol. The van der Waals surface area contributed by atoms with Crippen molar-refractivity contribution in [2.45, 2.75) is 36.6 Å². The van der Waals surface area contributed by atoms with E-state index in [1.54, 1.807) is 42.7 Å². The third kappa shape index (κ3) is 12.4. The van der Waals surface area contributed by atoms with Gasteiger partial charge < -0.3 is 56.8 Å². The van der Waals surface area contributed by atoms with E-state index < -0.39 is 36.6 Å². The molecule has 0 atom stereocenters. The standard InChI is InChI=1S/C24H48O12/c1-25-7-13-31-19-20(32-14-8-26-2)22(34-16-10-28-4)24(36-18-12-30-6)23(35-17-11-29-5)21(19)33-15-9-27-3/h19-24H,7-18H2,1-6H3. The molecule has 1 rings (SSSR count). The first-order valence-corrected chi connectivity index (χ1v) is 12.3. The number of hydrogen-bond donors (Lipinski definition) is 0. The van der Waals surface area contributed by atoms with Crippen molar-refractivity contribution in [1.29, 1.82) is 0 Å². The van der Waals surface area contributed by atoms with Gasteiger partial charge in [-0.05, 0) is 0 Å². The number of rotatable bonds is 24. The van der Waals surface area contributed by atoms with Crippen molar-refractivity contribution in [3.63, 3.8) is 0 Å². The van der Waals surface area contributed by atoms with Gasteiger partial charge in [0.15, 0.2) is 0 Å². The number of hydrogen-bond acceptors (Lipinski definition) is 12. The Hall–Kier alpha value is -0.480. The van der Waals surface area contributed by atoms with E-state index in [0.717, 1.165) is 0 Å². The second-order valence-corrected chi connectivity index (χ2v) is 7.97. The molecule has 12 nitrogen and oxygen atoms in total. The molecule has 1 aliphatic rings. The van der Waals surface area contributed by atoms with Crippen LogP contribution in [0.4, 0.5) is 0 Å². The average Bonchev–Trinajstić information content (AvgIpc) is 2.88. The second kappa shape index (κ2) is 22.5. The topological polar surface area (TPSA) is 111 Å². The Morgan fingerprint density at radius 2 is 0.389 bits per heavy atom. The summed E-state index contributed by atoms with van der Waals surface area (Å²) in [6, 6.07) is 0. The molecule has 0 aromatic rings. The van der Waals surface area contributed by atoms with Gasteiger partial charge in [0.25, 0.3) is 0 Å². The van der Waals surface area contributed by atoms with Crippen LogP contribution in [-0.4, -0.2) is 159 Å². The highest BCUT2D eigenvalue weighted by molar-refractivity contribution is 5.04. The van der Waals surface area contributed by atoms with Crippen molar-refractivity contribution in [2.75, 3.05) is 122 Å². The fraction of sp³-hybridized carbons (Fsp3) is 1.00. The van der Waals surface area contributed by atoms with Gasteiger partial charge in [0.2, 0.25) is 0 Å². The predicted octanol–water partition coefficient (Wildman–Crippen LogP) is 0.190. The van der Waals surface area contributed by atoms with Crippen molar-refractivity contribution >= 4 is 0 Å². The lowest BCUT2D eigenvalue weighted by atomic mass is 9.83. The Morgan fingerprint density at radius 3 is 0.500 bits per heavy atom. The molecule has 0 saturated heterocycles. The van der Waals surface area contributed by atoms with Crippen LogP contribution in [0.2, 0.25) is 0 Å². The molecule has 216 valence electrons. The molecule has 0 aromatic carbocycles. The summed E-state index contributed by atoms with van der Waals surface area (Å²) in [5.74, 6) is 0. The smallest absolute Gasteiger partial charge is 0.115 e. The molecule has 36 heavy (non-hydrogen) atoms. The van der Waals surface area contributed by atoms with Gasteiger partial charge in [-0.25, -0.2) is 0 Å². The Morgan fingerprint density at radius 1 is 0.250 bits per heavy atom. The molecule has 0 amide bonds. The molecule has 0 heterocycles. The molecule has 12 heteroatoms. The van der Waals surface area contributed by atoms with E-state index in [1.165, 1.54) is 0 Å². The van der Waals surface area contributed by atoms with E-state index in [1.807, 2.05) is 0 Å². The monoisotopic (exact) mass is 528 g/mol. The molecular formula is C24H48O12. The lowest BCUT2D eigenvalue weighted by Crippen LogP contribution is -2.68. The lowest BCUT2D eigenvalue weighted by molar-refractivity contribution is -0.286. The van der Waals surface area contributed by atoms with E-state index in [9.17, 15) is 0 Å². The first kappa shape index (κ1) is 33.5. The quantitative estimate of drug-likeness (QED) is 0.160. The van der Waals surface area contributed by atoms with Gasteiger partial charge >= 0.3 is 0 Å². The van der Waals surface area contributed by atoms with E-state index in [0.29, 0.717) is 79.3 Å². The van der Waals surface area contributed by atoms with Crippen molar-refractivity contribution in [2.24, 2.45) is 0 Å². The van der Waals surface area contributed by atoms with Crippen LogP contribution in [0, 0.1) is 0 Å². The van der Waals surface area contributed by atoms with Gasteiger partial charge in [0.05, 0.1) is 79.3 Å². The van der Waals surface area contributed by atoms with Crippen LogP contribution in [0.5, 0.6) is 0 Å². The summed E-state index contributed by atoms with van der Waals surface area (Å²) < 4.78 is 69.1. The minimum atomic E-state index is -0.545. The largest absolute Gasteiger partial charge is 0.382 e. The first-order valence-electron chi connectivity index (χ1n) is 12.3. The molecule has 1 aliphatic carbocycles. The molecule has 0 spiro atoms. The Bertz CT molecular complexity index is 365. The second-order valence-electron chi connectivity index (χ2n) is 7.97. The summed E-state index contributed by atoms with van der Waals surface area (Å²) in [5.41, 5.74) is 0. The van der Waals surface area contributed by atoms with Crippen LogP contribution in [-0.2, 0) is 56.8 Å². The molecule has 1 saturated carbocycles. The summed E-state index contributed by atoms with van der Waals surface area (Å²) in [6.45, 7) is 4.44. The maximum atomic E-state index is 6.30. The Labute approximate surface area is 215 Å². The summed E-state index contributed by atoms with van der Waals surface area (Å²) in [6.07, 6.45) is -3.27. The highest BCUT2D eigenvalue weighted by atomic mass is 16.6. The zero-order chi connectivity index (χ0) is 26.4. The zero-order valence-corrected chi connectivity index (χ0v) is 22.8. The Balaban J connectivity index is 3.37. The van der Waals surface area contributed by atoms with Crippen LogP contribution in [0.15, 0.2) is 0 Å². The fourth-order valence-corrected chi connectivity index (χ4v) is 3.86. The van der Waals surface area contributed by atoms with Gasteiger partial charge in [0.1, 0.15) is 36.6 Å². The summed E-state index contributed by atoms with van der Waals surface area (Å²) in [5, 5.41) is 0. The summed E-state index contributed by atoms with van der Waals surface area (Å²) in [7, 11) is 9.73. The van der Waals surface area contributed by atoms with Crippen LogP contribution >= 0.6 is 0 Å².